The van der Waals surface area contributed by atoms with Crippen molar-refractivity contribution in [2.45, 2.75) is 38.3 Å². The first kappa shape index (κ1) is 17.2. The second-order valence-electron chi connectivity index (χ2n) is 7.25. The predicted molar refractivity (Wildman–Crippen MR) is 99.2 cm³/mol. The van der Waals surface area contributed by atoms with E-state index in [2.05, 4.69) is 4.90 Å². The van der Waals surface area contributed by atoms with E-state index >= 15 is 0 Å². The van der Waals surface area contributed by atoms with Crippen LogP contribution in [0.1, 0.15) is 41.6 Å². The molecule has 0 unspecified atom stereocenters. The van der Waals surface area contributed by atoms with Crippen LogP contribution in [-0.4, -0.2) is 48.0 Å². The minimum absolute atomic E-state index is 0.128. The van der Waals surface area contributed by atoms with E-state index in [9.17, 15) is 4.79 Å². The van der Waals surface area contributed by atoms with E-state index in [0.29, 0.717) is 0 Å². The molecule has 5 heteroatoms. The zero-order valence-corrected chi connectivity index (χ0v) is 15.1. The molecule has 2 fully saturated rings. The third-order valence-electron chi connectivity index (χ3n) is 5.30. The quantitative estimate of drug-likeness (QED) is 0.824. The molecule has 1 aromatic carbocycles. The summed E-state index contributed by atoms with van der Waals surface area (Å²) in [7, 11) is 0. The number of hydrogen-bond acceptors (Lipinski definition) is 4. The standard InChI is InChI=1S/C21H26N2O3/c24-21(23-9-1-2-10-23)18-4-3-5-20(14-18)26-19-6-11-22(12-7-19)15-17-8-13-25-16-17/h3-5,8,13-14,16,19H,1-2,6-7,9-12,15H2. The molecule has 0 saturated carbocycles. The Morgan fingerprint density at radius 3 is 2.65 bits per heavy atom. The molecule has 2 aromatic rings. The van der Waals surface area contributed by atoms with Crippen molar-refractivity contribution in [3.63, 3.8) is 0 Å². The highest BCUT2D eigenvalue weighted by atomic mass is 16.5. The molecular formula is C21H26N2O3. The maximum atomic E-state index is 12.5. The molecule has 138 valence electrons. The van der Waals surface area contributed by atoms with Crippen molar-refractivity contribution in [1.82, 2.24) is 9.80 Å². The topological polar surface area (TPSA) is 45.9 Å². The SMILES string of the molecule is O=C(c1cccc(OC2CCN(Cc3ccoc3)CC2)c1)N1CCCC1. The summed E-state index contributed by atoms with van der Waals surface area (Å²) in [6.07, 6.45) is 7.98. The fourth-order valence-electron chi connectivity index (χ4n) is 3.82. The summed E-state index contributed by atoms with van der Waals surface area (Å²) in [5.74, 6) is 0.936. The Balaban J connectivity index is 1.30. The second-order valence-corrected chi connectivity index (χ2v) is 7.25. The molecule has 0 bridgehead atoms. The summed E-state index contributed by atoms with van der Waals surface area (Å²) in [6.45, 7) is 4.71. The first-order chi connectivity index (χ1) is 12.8. The fourth-order valence-corrected chi connectivity index (χ4v) is 3.82. The van der Waals surface area contributed by atoms with Crippen LogP contribution in [0.3, 0.4) is 0 Å². The smallest absolute Gasteiger partial charge is 0.253 e. The number of amides is 1. The minimum Gasteiger partial charge on any atom is -0.490 e. The molecular weight excluding hydrogens is 328 g/mol. The fraction of sp³-hybridized carbons (Fsp3) is 0.476. The first-order valence-corrected chi connectivity index (χ1v) is 9.57. The lowest BCUT2D eigenvalue weighted by Gasteiger charge is -2.32. The summed E-state index contributed by atoms with van der Waals surface area (Å²) in [5.41, 5.74) is 1.96. The molecule has 2 aliphatic rings. The van der Waals surface area contributed by atoms with Gasteiger partial charge in [-0.1, -0.05) is 6.07 Å². The van der Waals surface area contributed by atoms with Gasteiger partial charge in [0, 0.05) is 43.9 Å². The molecule has 4 rings (SSSR count). The molecule has 5 nitrogen and oxygen atoms in total. The Morgan fingerprint density at radius 2 is 1.92 bits per heavy atom. The van der Waals surface area contributed by atoms with Gasteiger partial charge in [0.15, 0.2) is 0 Å². The number of likely N-dealkylation sites (tertiary alicyclic amines) is 2. The lowest BCUT2D eigenvalue weighted by Crippen LogP contribution is -2.37. The van der Waals surface area contributed by atoms with Gasteiger partial charge in [0.25, 0.3) is 5.91 Å². The van der Waals surface area contributed by atoms with Gasteiger partial charge in [-0.3, -0.25) is 9.69 Å². The molecule has 1 amide bonds. The van der Waals surface area contributed by atoms with E-state index in [-0.39, 0.29) is 12.0 Å². The van der Waals surface area contributed by atoms with Crippen molar-refractivity contribution in [3.8, 4) is 5.75 Å². The van der Waals surface area contributed by atoms with Crippen LogP contribution >= 0.6 is 0 Å². The van der Waals surface area contributed by atoms with Crippen LogP contribution in [0.25, 0.3) is 0 Å². The zero-order valence-electron chi connectivity index (χ0n) is 15.1. The highest BCUT2D eigenvalue weighted by Crippen LogP contribution is 2.22. The van der Waals surface area contributed by atoms with Gasteiger partial charge in [-0.25, -0.2) is 0 Å². The van der Waals surface area contributed by atoms with Gasteiger partial charge in [-0.15, -0.1) is 0 Å². The van der Waals surface area contributed by atoms with E-state index in [1.165, 1.54) is 5.56 Å². The molecule has 0 N–H and O–H groups in total. The molecule has 3 heterocycles. The normalized spacial score (nSPS) is 19.0. The van der Waals surface area contributed by atoms with Crippen LogP contribution < -0.4 is 4.74 Å². The number of carbonyl (C=O) groups is 1. The van der Waals surface area contributed by atoms with Crippen LogP contribution in [0, 0.1) is 0 Å². The van der Waals surface area contributed by atoms with Gasteiger partial charge < -0.3 is 14.1 Å². The van der Waals surface area contributed by atoms with Crippen LogP contribution in [0.15, 0.2) is 47.3 Å². The van der Waals surface area contributed by atoms with Gasteiger partial charge >= 0.3 is 0 Å². The third-order valence-corrected chi connectivity index (χ3v) is 5.30. The Kier molecular flexibility index (Phi) is 5.25. The number of benzene rings is 1. The Labute approximate surface area is 154 Å². The number of rotatable bonds is 5. The molecule has 1 aromatic heterocycles. The monoisotopic (exact) mass is 354 g/mol. The Bertz CT molecular complexity index is 715. The molecule has 0 aliphatic carbocycles. The lowest BCUT2D eigenvalue weighted by molar-refractivity contribution is 0.0789. The zero-order chi connectivity index (χ0) is 17.8. The van der Waals surface area contributed by atoms with Crippen molar-refractivity contribution in [2.75, 3.05) is 26.2 Å². The van der Waals surface area contributed by atoms with Gasteiger partial charge in [-0.2, -0.15) is 0 Å². The summed E-state index contributed by atoms with van der Waals surface area (Å²) in [5, 5.41) is 0. The largest absolute Gasteiger partial charge is 0.490 e. The van der Waals surface area contributed by atoms with Gasteiger partial charge in [0.05, 0.1) is 12.5 Å². The van der Waals surface area contributed by atoms with Crippen molar-refractivity contribution >= 4 is 5.91 Å². The highest BCUT2D eigenvalue weighted by molar-refractivity contribution is 5.94. The van der Waals surface area contributed by atoms with Crippen LogP contribution in [-0.2, 0) is 6.54 Å². The lowest BCUT2D eigenvalue weighted by atomic mass is 10.1. The predicted octanol–water partition coefficient (Wildman–Crippen LogP) is 3.56. The Morgan fingerprint density at radius 1 is 1.12 bits per heavy atom. The number of piperidine rings is 1. The Hall–Kier alpha value is -2.27. The maximum Gasteiger partial charge on any atom is 0.253 e. The van der Waals surface area contributed by atoms with Crippen LogP contribution in [0.4, 0.5) is 0 Å². The van der Waals surface area contributed by atoms with E-state index in [0.717, 1.165) is 69.7 Å². The number of carbonyl (C=O) groups excluding carboxylic acids is 1. The van der Waals surface area contributed by atoms with Crippen molar-refractivity contribution in [2.24, 2.45) is 0 Å². The summed E-state index contributed by atoms with van der Waals surface area (Å²) in [6, 6.07) is 9.69. The summed E-state index contributed by atoms with van der Waals surface area (Å²) < 4.78 is 11.3. The molecule has 2 aliphatic heterocycles. The van der Waals surface area contributed by atoms with Crippen LogP contribution in [0.2, 0.25) is 0 Å². The molecule has 26 heavy (non-hydrogen) atoms. The average molecular weight is 354 g/mol. The maximum absolute atomic E-state index is 12.5. The van der Waals surface area contributed by atoms with Crippen molar-refractivity contribution in [1.29, 1.82) is 0 Å². The molecule has 0 radical (unpaired) electrons. The van der Waals surface area contributed by atoms with E-state index in [1.807, 2.05) is 41.5 Å². The number of hydrogen-bond donors (Lipinski definition) is 0. The second kappa shape index (κ2) is 7.96. The number of ether oxygens (including phenoxy) is 1. The highest BCUT2D eigenvalue weighted by Gasteiger charge is 2.22. The van der Waals surface area contributed by atoms with E-state index in [1.54, 1.807) is 6.26 Å². The minimum atomic E-state index is 0.128. The summed E-state index contributed by atoms with van der Waals surface area (Å²) in [4.78, 5) is 16.9. The van der Waals surface area contributed by atoms with Crippen molar-refractivity contribution < 1.29 is 13.9 Å². The molecule has 2 saturated heterocycles. The third kappa shape index (κ3) is 4.10. The number of nitrogens with zero attached hydrogens (tertiary/aromatic N) is 2. The van der Waals surface area contributed by atoms with Crippen LogP contribution in [0.5, 0.6) is 5.75 Å². The molecule has 0 atom stereocenters. The first-order valence-electron chi connectivity index (χ1n) is 9.57. The van der Waals surface area contributed by atoms with E-state index < -0.39 is 0 Å². The van der Waals surface area contributed by atoms with Gasteiger partial charge in [0.2, 0.25) is 0 Å². The van der Waals surface area contributed by atoms with Gasteiger partial charge in [0.1, 0.15) is 11.9 Å². The average Bonchev–Trinajstić information content (AvgIpc) is 3.37. The number of furan rings is 1. The molecule has 0 spiro atoms. The van der Waals surface area contributed by atoms with Gasteiger partial charge in [-0.05, 0) is 49.9 Å². The van der Waals surface area contributed by atoms with E-state index in [4.69, 9.17) is 9.15 Å². The van der Waals surface area contributed by atoms with Crippen molar-refractivity contribution in [3.05, 3.63) is 54.0 Å². The summed E-state index contributed by atoms with van der Waals surface area (Å²) >= 11 is 0.